The second-order valence-electron chi connectivity index (χ2n) is 5.52. The maximum absolute atomic E-state index is 12.1. The molecule has 1 amide bonds. The number of hydrogen-bond acceptors (Lipinski definition) is 5. The topological polar surface area (TPSA) is 75.4 Å². The van der Waals surface area contributed by atoms with E-state index in [1.54, 1.807) is 6.07 Å². The second-order valence-corrected chi connectivity index (χ2v) is 6.47. The third-order valence-electron chi connectivity index (χ3n) is 3.87. The maximum atomic E-state index is 12.1. The number of amides is 1. The Bertz CT molecular complexity index is 600. The zero-order valence-corrected chi connectivity index (χ0v) is 12.5. The summed E-state index contributed by atoms with van der Waals surface area (Å²) in [4.78, 5) is 13.0. The predicted octanol–water partition coefficient (Wildman–Crippen LogP) is 2.83. The van der Waals surface area contributed by atoms with E-state index in [0.29, 0.717) is 5.76 Å². The molecule has 1 saturated carbocycles. The van der Waals surface area contributed by atoms with E-state index in [9.17, 15) is 9.90 Å². The third-order valence-corrected chi connectivity index (χ3v) is 4.75. The first kappa shape index (κ1) is 14.3. The monoisotopic (exact) mass is 306 g/mol. The van der Waals surface area contributed by atoms with E-state index in [2.05, 4.69) is 10.5 Å². The van der Waals surface area contributed by atoms with Crippen molar-refractivity contribution < 1.29 is 14.4 Å². The van der Waals surface area contributed by atoms with Crippen LogP contribution in [-0.4, -0.2) is 28.3 Å². The van der Waals surface area contributed by atoms with Gasteiger partial charge in [0.2, 0.25) is 0 Å². The van der Waals surface area contributed by atoms with Crippen LogP contribution in [0.3, 0.4) is 0 Å². The SMILES string of the molecule is O=C(NCC1(O)CCCCC1)c1cc(-c2cccs2)on1. The van der Waals surface area contributed by atoms with Gasteiger partial charge in [0.25, 0.3) is 5.91 Å². The van der Waals surface area contributed by atoms with E-state index in [-0.39, 0.29) is 18.1 Å². The molecule has 1 aliphatic carbocycles. The number of nitrogens with zero attached hydrogens (tertiary/aromatic N) is 1. The molecule has 0 unspecified atom stereocenters. The van der Waals surface area contributed by atoms with Crippen molar-refractivity contribution in [2.75, 3.05) is 6.54 Å². The maximum Gasteiger partial charge on any atom is 0.273 e. The summed E-state index contributed by atoms with van der Waals surface area (Å²) in [7, 11) is 0. The fourth-order valence-corrected chi connectivity index (χ4v) is 3.31. The first-order valence-electron chi connectivity index (χ1n) is 7.17. The summed E-state index contributed by atoms with van der Waals surface area (Å²) in [5.74, 6) is 0.284. The predicted molar refractivity (Wildman–Crippen MR) is 80.2 cm³/mol. The number of rotatable bonds is 4. The Kier molecular flexibility index (Phi) is 4.07. The number of carbonyl (C=O) groups excluding carboxylic acids is 1. The molecule has 2 N–H and O–H groups in total. The lowest BCUT2D eigenvalue weighted by atomic mass is 9.85. The summed E-state index contributed by atoms with van der Waals surface area (Å²) in [6.45, 7) is 0.271. The highest BCUT2D eigenvalue weighted by molar-refractivity contribution is 7.13. The smallest absolute Gasteiger partial charge is 0.273 e. The Labute approximate surface area is 127 Å². The van der Waals surface area contributed by atoms with Gasteiger partial charge in [-0.1, -0.05) is 30.5 Å². The molecule has 0 bridgehead atoms. The molecule has 1 fully saturated rings. The molecule has 1 aliphatic rings. The van der Waals surface area contributed by atoms with Crippen molar-refractivity contribution in [3.8, 4) is 10.6 Å². The van der Waals surface area contributed by atoms with Gasteiger partial charge in [-0.3, -0.25) is 4.79 Å². The molecule has 2 aromatic heterocycles. The molecule has 2 aromatic rings. The van der Waals surface area contributed by atoms with Gasteiger partial charge in [-0.2, -0.15) is 0 Å². The summed E-state index contributed by atoms with van der Waals surface area (Å²) < 4.78 is 5.18. The number of nitrogens with one attached hydrogen (secondary N) is 1. The molecular weight excluding hydrogens is 288 g/mol. The van der Waals surface area contributed by atoms with Crippen LogP contribution in [0.1, 0.15) is 42.6 Å². The van der Waals surface area contributed by atoms with Gasteiger partial charge in [-0.25, -0.2) is 0 Å². The summed E-state index contributed by atoms with van der Waals surface area (Å²) in [6, 6.07) is 5.46. The van der Waals surface area contributed by atoms with Gasteiger partial charge in [-0.05, 0) is 24.3 Å². The van der Waals surface area contributed by atoms with Crippen LogP contribution in [0.2, 0.25) is 0 Å². The van der Waals surface area contributed by atoms with Crippen molar-refractivity contribution in [3.63, 3.8) is 0 Å². The standard InChI is InChI=1S/C15H18N2O3S/c18-14(16-10-15(19)6-2-1-3-7-15)11-9-12(20-17-11)13-5-4-8-21-13/h4-5,8-9,19H,1-3,6-7,10H2,(H,16,18). The first-order chi connectivity index (χ1) is 10.2. The van der Waals surface area contributed by atoms with Gasteiger partial charge in [0, 0.05) is 12.6 Å². The van der Waals surface area contributed by atoms with Crippen molar-refractivity contribution in [1.29, 1.82) is 0 Å². The van der Waals surface area contributed by atoms with Crippen LogP contribution in [0.25, 0.3) is 10.6 Å². The van der Waals surface area contributed by atoms with Gasteiger partial charge < -0.3 is 14.9 Å². The number of carbonyl (C=O) groups is 1. The molecule has 21 heavy (non-hydrogen) atoms. The minimum Gasteiger partial charge on any atom is -0.388 e. The molecule has 3 rings (SSSR count). The Morgan fingerprint density at radius 3 is 2.95 bits per heavy atom. The minimum absolute atomic E-state index is 0.248. The summed E-state index contributed by atoms with van der Waals surface area (Å²) in [6.07, 6.45) is 4.67. The highest BCUT2D eigenvalue weighted by Crippen LogP contribution is 2.28. The Morgan fingerprint density at radius 1 is 1.43 bits per heavy atom. The number of thiophene rings is 1. The fraction of sp³-hybridized carbons (Fsp3) is 0.467. The van der Waals surface area contributed by atoms with E-state index in [4.69, 9.17) is 4.52 Å². The van der Waals surface area contributed by atoms with Crippen molar-refractivity contribution >= 4 is 17.2 Å². The molecule has 0 aromatic carbocycles. The quantitative estimate of drug-likeness (QED) is 0.910. The molecule has 0 aliphatic heterocycles. The lowest BCUT2D eigenvalue weighted by Crippen LogP contribution is -2.44. The van der Waals surface area contributed by atoms with Crippen molar-refractivity contribution in [3.05, 3.63) is 29.3 Å². The highest BCUT2D eigenvalue weighted by Gasteiger charge is 2.30. The van der Waals surface area contributed by atoms with E-state index in [1.165, 1.54) is 11.3 Å². The average Bonchev–Trinajstić information content (AvgIpc) is 3.16. The number of aliphatic hydroxyl groups is 1. The van der Waals surface area contributed by atoms with Gasteiger partial charge >= 0.3 is 0 Å². The lowest BCUT2D eigenvalue weighted by Gasteiger charge is -2.31. The van der Waals surface area contributed by atoms with Crippen molar-refractivity contribution in [2.24, 2.45) is 0 Å². The van der Waals surface area contributed by atoms with Gasteiger partial charge in [0.05, 0.1) is 10.5 Å². The molecular formula is C15H18N2O3S. The van der Waals surface area contributed by atoms with Crippen LogP contribution in [0, 0.1) is 0 Å². The van der Waals surface area contributed by atoms with Gasteiger partial charge in [0.1, 0.15) is 0 Å². The fourth-order valence-electron chi connectivity index (χ4n) is 2.64. The minimum atomic E-state index is -0.770. The summed E-state index contributed by atoms with van der Waals surface area (Å²) in [5.41, 5.74) is -0.522. The third kappa shape index (κ3) is 3.33. The van der Waals surface area contributed by atoms with E-state index in [0.717, 1.165) is 37.0 Å². The molecule has 0 atom stereocenters. The molecule has 112 valence electrons. The summed E-state index contributed by atoms with van der Waals surface area (Å²) in [5, 5.41) is 18.9. The largest absolute Gasteiger partial charge is 0.388 e. The molecule has 6 heteroatoms. The zero-order valence-electron chi connectivity index (χ0n) is 11.7. The van der Waals surface area contributed by atoms with Gasteiger partial charge in [0.15, 0.2) is 11.5 Å². The Hall–Kier alpha value is -1.66. The lowest BCUT2D eigenvalue weighted by molar-refractivity contribution is 0.00518. The number of aromatic nitrogens is 1. The number of hydrogen-bond donors (Lipinski definition) is 2. The molecule has 0 spiro atoms. The highest BCUT2D eigenvalue weighted by atomic mass is 32.1. The second kappa shape index (κ2) is 5.99. The van der Waals surface area contributed by atoms with E-state index in [1.807, 2.05) is 17.5 Å². The average molecular weight is 306 g/mol. The molecule has 5 nitrogen and oxygen atoms in total. The van der Waals surface area contributed by atoms with Crippen molar-refractivity contribution in [1.82, 2.24) is 10.5 Å². The molecule has 0 radical (unpaired) electrons. The molecule has 0 saturated heterocycles. The van der Waals surface area contributed by atoms with E-state index >= 15 is 0 Å². The first-order valence-corrected chi connectivity index (χ1v) is 8.05. The van der Waals surface area contributed by atoms with Crippen LogP contribution in [0.15, 0.2) is 28.1 Å². The Morgan fingerprint density at radius 2 is 2.24 bits per heavy atom. The van der Waals surface area contributed by atoms with Gasteiger partial charge in [-0.15, -0.1) is 11.3 Å². The van der Waals surface area contributed by atoms with Crippen LogP contribution < -0.4 is 5.32 Å². The van der Waals surface area contributed by atoms with Crippen LogP contribution in [0.5, 0.6) is 0 Å². The van der Waals surface area contributed by atoms with E-state index < -0.39 is 5.60 Å². The van der Waals surface area contributed by atoms with Crippen LogP contribution in [-0.2, 0) is 0 Å². The van der Waals surface area contributed by atoms with Crippen LogP contribution >= 0.6 is 11.3 Å². The normalized spacial score (nSPS) is 17.6. The summed E-state index contributed by atoms with van der Waals surface area (Å²) >= 11 is 1.53. The Balaban J connectivity index is 1.61. The molecule has 2 heterocycles. The van der Waals surface area contributed by atoms with Crippen molar-refractivity contribution in [2.45, 2.75) is 37.7 Å². The zero-order chi connectivity index (χ0) is 14.7. The van der Waals surface area contributed by atoms with Crippen LogP contribution in [0.4, 0.5) is 0 Å².